The van der Waals surface area contributed by atoms with Gasteiger partial charge in [-0.2, -0.15) is 0 Å². The molecular weight excluding hydrogens is 438 g/mol. The largest absolute Gasteiger partial charge is 0.496 e. The van der Waals surface area contributed by atoms with Crippen LogP contribution in [-0.4, -0.2) is 88.9 Å². The van der Waals surface area contributed by atoms with Crippen molar-refractivity contribution in [2.45, 2.75) is 32.0 Å². The van der Waals surface area contributed by atoms with Crippen molar-refractivity contribution in [2.24, 2.45) is 17.8 Å². The van der Waals surface area contributed by atoms with Crippen molar-refractivity contribution in [1.82, 2.24) is 14.8 Å². The molecule has 8 heteroatoms. The van der Waals surface area contributed by atoms with Crippen molar-refractivity contribution in [3.8, 4) is 0 Å². The average Bonchev–Trinajstić information content (AvgIpc) is 3.26. The Morgan fingerprint density at radius 3 is 2.67 bits per heavy atom. The molecule has 1 saturated carbocycles. The quantitative estimate of drug-likeness (QED) is 0.668. The van der Waals surface area contributed by atoms with Gasteiger partial charge in [0, 0.05) is 45.2 Å². The highest BCUT2D eigenvalue weighted by Crippen LogP contribution is 2.44. The van der Waals surface area contributed by atoms with Crippen molar-refractivity contribution < 1.29 is 19.7 Å². The Labute approximate surface area is 198 Å². The summed E-state index contributed by atoms with van der Waals surface area (Å²) < 4.78 is 7.31. The molecule has 2 fully saturated rings. The van der Waals surface area contributed by atoms with E-state index in [0.717, 1.165) is 54.4 Å². The monoisotopic (exact) mass is 471 g/mol. The number of fused-ring (bicyclic) bond motifs is 2. The number of benzene rings is 1. The standard InChI is InChI=1S/C25H33N3O4S/c1-2-16-13-17-23(31)19(25-26-20-5-3-4-6-21(20)33-25)15-32-24(17)18(22(16)30)14-28-9-7-27(8-10-28)11-12-29/h3-6,15-18,22,24,29-30H,2,7-14H2,1H3. The molecular formula is C25H33N3O4S. The minimum atomic E-state index is -0.475. The number of piperazine rings is 1. The summed E-state index contributed by atoms with van der Waals surface area (Å²) in [5.41, 5.74) is 1.47. The summed E-state index contributed by atoms with van der Waals surface area (Å²) >= 11 is 1.53. The fraction of sp³-hybridized carbons (Fsp3) is 0.600. The summed E-state index contributed by atoms with van der Waals surface area (Å²) in [4.78, 5) is 23.0. The number of ketones is 1. The second-order valence-electron chi connectivity index (χ2n) is 9.51. The number of aromatic nitrogens is 1. The van der Waals surface area contributed by atoms with Crippen LogP contribution in [0.2, 0.25) is 0 Å². The Morgan fingerprint density at radius 1 is 1.18 bits per heavy atom. The summed E-state index contributed by atoms with van der Waals surface area (Å²) in [5.74, 6) is -0.149. The summed E-state index contributed by atoms with van der Waals surface area (Å²) in [5, 5.41) is 21.1. The molecule has 0 bridgehead atoms. The molecule has 0 spiro atoms. The molecule has 2 N–H and O–H groups in total. The predicted octanol–water partition coefficient (Wildman–Crippen LogP) is 2.24. The van der Waals surface area contributed by atoms with Crippen molar-refractivity contribution >= 4 is 32.9 Å². The lowest BCUT2D eigenvalue weighted by Gasteiger charge is -2.47. The molecule has 5 rings (SSSR count). The second kappa shape index (κ2) is 9.80. The number of rotatable bonds is 6. The molecule has 2 aliphatic heterocycles. The number of aliphatic hydroxyl groups is 2. The fourth-order valence-corrected chi connectivity index (χ4v) is 6.67. The van der Waals surface area contributed by atoms with E-state index in [4.69, 9.17) is 4.74 Å². The van der Waals surface area contributed by atoms with Crippen LogP contribution < -0.4 is 0 Å². The minimum absolute atomic E-state index is 0.0918. The average molecular weight is 472 g/mol. The van der Waals surface area contributed by atoms with Gasteiger partial charge in [0.25, 0.3) is 0 Å². The normalized spacial score (nSPS) is 31.3. The molecule has 5 unspecified atom stereocenters. The molecule has 0 radical (unpaired) electrons. The molecule has 1 aliphatic carbocycles. The summed E-state index contributed by atoms with van der Waals surface area (Å²) in [6.45, 7) is 7.34. The third kappa shape index (κ3) is 4.47. The van der Waals surface area contributed by atoms with Gasteiger partial charge in [-0.25, -0.2) is 4.98 Å². The maximum absolute atomic E-state index is 13.7. The number of carbonyl (C=O) groups excluding carboxylic acids is 1. The molecule has 0 amide bonds. The van der Waals surface area contributed by atoms with Gasteiger partial charge in [-0.3, -0.25) is 9.69 Å². The number of aliphatic hydroxyl groups excluding tert-OH is 2. The van der Waals surface area contributed by atoms with Gasteiger partial charge in [0.15, 0.2) is 5.78 Å². The third-order valence-corrected chi connectivity index (χ3v) is 8.71. The van der Waals surface area contributed by atoms with Crippen LogP contribution in [0.4, 0.5) is 0 Å². The highest BCUT2D eigenvalue weighted by molar-refractivity contribution is 7.19. The first-order valence-electron chi connectivity index (χ1n) is 12.1. The Bertz CT molecular complexity index is 983. The van der Waals surface area contributed by atoms with Gasteiger partial charge in [-0.1, -0.05) is 25.5 Å². The van der Waals surface area contributed by atoms with E-state index in [1.165, 1.54) is 11.3 Å². The molecule has 1 aromatic heterocycles. The van der Waals surface area contributed by atoms with Gasteiger partial charge in [0.2, 0.25) is 0 Å². The van der Waals surface area contributed by atoms with E-state index in [0.29, 0.717) is 18.5 Å². The van der Waals surface area contributed by atoms with Crippen LogP contribution in [0.15, 0.2) is 30.5 Å². The van der Waals surface area contributed by atoms with E-state index in [1.807, 2.05) is 24.3 Å². The molecule has 3 heterocycles. The number of para-hydroxylation sites is 1. The Balaban J connectivity index is 1.36. The summed E-state index contributed by atoms with van der Waals surface area (Å²) in [6.07, 6.45) is 2.33. The van der Waals surface area contributed by atoms with Crippen molar-refractivity contribution in [2.75, 3.05) is 45.9 Å². The molecule has 7 nitrogen and oxygen atoms in total. The van der Waals surface area contributed by atoms with Crippen LogP contribution in [0.1, 0.15) is 24.8 Å². The number of carbonyl (C=O) groups is 1. The van der Waals surface area contributed by atoms with Crippen molar-refractivity contribution in [3.63, 3.8) is 0 Å². The van der Waals surface area contributed by atoms with Gasteiger partial charge in [-0.15, -0.1) is 11.3 Å². The van der Waals surface area contributed by atoms with Crippen LogP contribution >= 0.6 is 11.3 Å². The minimum Gasteiger partial charge on any atom is -0.496 e. The van der Waals surface area contributed by atoms with E-state index in [2.05, 4.69) is 21.7 Å². The smallest absolute Gasteiger partial charge is 0.175 e. The Hall–Kier alpha value is -1.84. The number of β-amino-alcohol motifs (C(OH)–C–C–N with tert-alkyl or cyclic N) is 1. The van der Waals surface area contributed by atoms with Crippen LogP contribution in [0.5, 0.6) is 0 Å². The molecule has 33 heavy (non-hydrogen) atoms. The molecule has 1 aromatic carbocycles. The lowest BCUT2D eigenvalue weighted by molar-refractivity contribution is -0.141. The summed E-state index contributed by atoms with van der Waals surface area (Å²) in [7, 11) is 0. The van der Waals surface area contributed by atoms with Crippen LogP contribution in [0.25, 0.3) is 15.8 Å². The van der Waals surface area contributed by atoms with Crippen LogP contribution in [-0.2, 0) is 9.53 Å². The molecule has 1 saturated heterocycles. The lowest BCUT2D eigenvalue weighted by atomic mass is 9.67. The van der Waals surface area contributed by atoms with E-state index in [-0.39, 0.29) is 36.2 Å². The highest BCUT2D eigenvalue weighted by Gasteiger charge is 2.50. The van der Waals surface area contributed by atoms with Crippen LogP contribution in [0.3, 0.4) is 0 Å². The first kappa shape index (κ1) is 22.9. The first-order valence-corrected chi connectivity index (χ1v) is 12.9. The van der Waals surface area contributed by atoms with Gasteiger partial charge in [0.05, 0.1) is 40.7 Å². The molecule has 2 aromatic rings. The summed E-state index contributed by atoms with van der Waals surface area (Å²) in [6, 6.07) is 7.93. The number of Topliss-reactive ketones (excluding diaryl/α,β-unsaturated/α-hetero) is 1. The first-order chi connectivity index (χ1) is 16.1. The Morgan fingerprint density at radius 2 is 1.94 bits per heavy atom. The number of ether oxygens (including phenoxy) is 1. The van der Waals surface area contributed by atoms with E-state index < -0.39 is 6.10 Å². The van der Waals surface area contributed by atoms with Gasteiger partial charge in [0.1, 0.15) is 11.1 Å². The van der Waals surface area contributed by atoms with Crippen molar-refractivity contribution in [3.05, 3.63) is 35.5 Å². The van der Waals surface area contributed by atoms with Crippen molar-refractivity contribution in [1.29, 1.82) is 0 Å². The molecule has 3 aliphatic rings. The number of hydrogen-bond acceptors (Lipinski definition) is 8. The zero-order chi connectivity index (χ0) is 22.9. The van der Waals surface area contributed by atoms with Crippen LogP contribution in [0, 0.1) is 17.8 Å². The maximum atomic E-state index is 13.7. The van der Waals surface area contributed by atoms with Gasteiger partial charge in [-0.05, 0) is 24.5 Å². The number of allylic oxidation sites excluding steroid dienone is 1. The second-order valence-corrected chi connectivity index (χ2v) is 10.5. The predicted molar refractivity (Wildman–Crippen MR) is 129 cm³/mol. The fourth-order valence-electron chi connectivity index (χ4n) is 5.70. The van der Waals surface area contributed by atoms with E-state index >= 15 is 0 Å². The third-order valence-electron chi connectivity index (χ3n) is 7.64. The number of nitrogens with zero attached hydrogens (tertiary/aromatic N) is 3. The zero-order valence-electron chi connectivity index (χ0n) is 19.1. The number of thiazole rings is 1. The zero-order valence-corrected chi connectivity index (χ0v) is 19.9. The maximum Gasteiger partial charge on any atom is 0.175 e. The highest BCUT2D eigenvalue weighted by atomic mass is 32.1. The van der Waals surface area contributed by atoms with E-state index in [9.17, 15) is 15.0 Å². The lowest BCUT2D eigenvalue weighted by Crippen LogP contribution is -2.57. The number of hydrogen-bond donors (Lipinski definition) is 2. The van der Waals surface area contributed by atoms with Gasteiger partial charge >= 0.3 is 0 Å². The van der Waals surface area contributed by atoms with Gasteiger partial charge < -0.3 is 19.8 Å². The topological polar surface area (TPSA) is 86.1 Å². The molecule has 178 valence electrons. The Kier molecular flexibility index (Phi) is 6.81. The van der Waals surface area contributed by atoms with E-state index in [1.54, 1.807) is 6.26 Å². The SMILES string of the molecule is CCC1CC2C(=O)C(c3nc4ccccc4s3)=COC2C(CN2CCN(CCO)CC2)C1O. The molecule has 5 atom stereocenters.